The Morgan fingerprint density at radius 2 is 1.00 bits per heavy atom. The van der Waals surface area contributed by atoms with Gasteiger partial charge in [0.2, 0.25) is 0 Å². The van der Waals surface area contributed by atoms with Crippen molar-refractivity contribution in [2.24, 2.45) is 10.8 Å². The number of rotatable bonds is 0. The highest BCUT2D eigenvalue weighted by atomic mass is 35.5. The second kappa shape index (κ2) is 2.05. The van der Waals surface area contributed by atoms with Gasteiger partial charge in [0.25, 0.3) is 0 Å². The summed E-state index contributed by atoms with van der Waals surface area (Å²) in [6, 6.07) is 0. The zero-order chi connectivity index (χ0) is 10.6. The van der Waals surface area contributed by atoms with Gasteiger partial charge >= 0.3 is 0 Å². The average molecular weight is 270 g/mol. The molecule has 2 spiro atoms. The van der Waals surface area contributed by atoms with E-state index in [1.165, 1.54) is 0 Å². The molecule has 14 heavy (non-hydrogen) atoms. The van der Waals surface area contributed by atoms with Gasteiger partial charge < -0.3 is 0 Å². The lowest BCUT2D eigenvalue weighted by atomic mass is 9.60. The third kappa shape index (κ3) is 0.668. The summed E-state index contributed by atoms with van der Waals surface area (Å²) in [4.78, 5) is 0. The maximum absolute atomic E-state index is 6.10. The fourth-order valence-corrected chi connectivity index (χ4v) is 4.63. The van der Waals surface area contributed by atoms with E-state index in [9.17, 15) is 0 Å². The molecule has 0 bridgehead atoms. The summed E-state index contributed by atoms with van der Waals surface area (Å²) >= 11 is 24.4. The molecule has 0 unspecified atom stereocenters. The normalized spacial score (nSPS) is 50.9. The lowest BCUT2D eigenvalue weighted by molar-refractivity contribution is 0.412. The van der Waals surface area contributed by atoms with Gasteiger partial charge in [-0.2, -0.15) is 0 Å². The lowest BCUT2D eigenvalue weighted by Gasteiger charge is -2.45. The fraction of sp³-hybridized carbons (Fsp3) is 0.600. The summed E-state index contributed by atoms with van der Waals surface area (Å²) in [7, 11) is 0. The molecule has 0 nitrogen and oxygen atoms in total. The largest absolute Gasteiger partial charge is 0.132 e. The number of alkyl halides is 4. The first kappa shape index (κ1) is 9.84. The van der Waals surface area contributed by atoms with Crippen LogP contribution in [0.25, 0.3) is 0 Å². The fourth-order valence-electron chi connectivity index (χ4n) is 2.92. The number of allylic oxidation sites excluding steroid dienone is 2. The molecular weight excluding hydrogens is 262 g/mol. The highest BCUT2D eigenvalue weighted by Gasteiger charge is 2.89. The van der Waals surface area contributed by atoms with Crippen molar-refractivity contribution in [2.75, 3.05) is 0 Å². The molecule has 0 aromatic heterocycles. The van der Waals surface area contributed by atoms with Crippen LogP contribution in [0.1, 0.15) is 12.8 Å². The Labute approximate surface area is 103 Å². The molecule has 0 aromatic rings. The molecule has 3 fully saturated rings. The highest BCUT2D eigenvalue weighted by Crippen LogP contribution is 2.92. The number of halogens is 4. The molecule has 0 radical (unpaired) electrons. The maximum Gasteiger partial charge on any atom is 0.132 e. The van der Waals surface area contributed by atoms with Gasteiger partial charge in [-0.15, -0.1) is 46.4 Å². The van der Waals surface area contributed by atoms with E-state index in [0.717, 1.165) is 11.1 Å². The van der Waals surface area contributed by atoms with Gasteiger partial charge in [0.1, 0.15) is 8.67 Å². The van der Waals surface area contributed by atoms with Crippen LogP contribution >= 0.6 is 46.4 Å². The van der Waals surface area contributed by atoms with Crippen molar-refractivity contribution in [1.82, 2.24) is 0 Å². The van der Waals surface area contributed by atoms with Crippen molar-refractivity contribution >= 4 is 46.4 Å². The lowest BCUT2D eigenvalue weighted by Crippen LogP contribution is -2.40. The van der Waals surface area contributed by atoms with Crippen LogP contribution in [0.4, 0.5) is 0 Å². The minimum atomic E-state index is -0.723. The van der Waals surface area contributed by atoms with Crippen LogP contribution in [0.15, 0.2) is 24.3 Å². The SMILES string of the molecule is C=C1C2(CC2(Cl)Cl)C(=C)C12CC2(Cl)Cl. The van der Waals surface area contributed by atoms with Gasteiger partial charge in [-0.1, -0.05) is 24.3 Å². The van der Waals surface area contributed by atoms with E-state index in [0.29, 0.717) is 12.8 Å². The third-order valence-electron chi connectivity index (χ3n) is 4.03. The van der Waals surface area contributed by atoms with E-state index in [2.05, 4.69) is 13.2 Å². The van der Waals surface area contributed by atoms with E-state index in [1.54, 1.807) is 0 Å². The Balaban J connectivity index is 2.01. The van der Waals surface area contributed by atoms with Crippen molar-refractivity contribution in [1.29, 1.82) is 0 Å². The molecular formula is C10H8Cl4. The van der Waals surface area contributed by atoms with Gasteiger partial charge in [0.05, 0.1) is 0 Å². The topological polar surface area (TPSA) is 0 Å². The minimum absolute atomic E-state index is 0.290. The Morgan fingerprint density at radius 1 is 0.786 bits per heavy atom. The van der Waals surface area contributed by atoms with E-state index in [-0.39, 0.29) is 10.8 Å². The van der Waals surface area contributed by atoms with Crippen LogP contribution in [0.3, 0.4) is 0 Å². The van der Waals surface area contributed by atoms with Crippen molar-refractivity contribution in [2.45, 2.75) is 21.5 Å². The Hall–Kier alpha value is 0.640. The molecule has 0 aliphatic heterocycles. The van der Waals surface area contributed by atoms with Crippen molar-refractivity contribution < 1.29 is 0 Å². The van der Waals surface area contributed by atoms with Gasteiger partial charge in [-0.25, -0.2) is 0 Å². The second-order valence-corrected chi connectivity index (χ2v) is 7.50. The monoisotopic (exact) mass is 268 g/mol. The summed E-state index contributed by atoms with van der Waals surface area (Å²) in [6.45, 7) is 8.07. The summed E-state index contributed by atoms with van der Waals surface area (Å²) in [5.41, 5.74) is 1.37. The molecule has 0 atom stereocenters. The van der Waals surface area contributed by atoms with Crippen LogP contribution in [0.5, 0.6) is 0 Å². The van der Waals surface area contributed by atoms with Crippen LogP contribution < -0.4 is 0 Å². The van der Waals surface area contributed by atoms with Crippen LogP contribution in [0, 0.1) is 10.8 Å². The molecule has 4 heteroatoms. The predicted molar refractivity (Wildman–Crippen MR) is 61.3 cm³/mol. The van der Waals surface area contributed by atoms with Gasteiger partial charge in [0, 0.05) is 10.8 Å². The smallest absolute Gasteiger partial charge is 0.100 e. The molecule has 3 rings (SSSR count). The molecule has 3 aliphatic carbocycles. The summed E-state index contributed by atoms with van der Waals surface area (Å²) in [6.07, 6.45) is 1.40. The van der Waals surface area contributed by atoms with E-state index >= 15 is 0 Å². The summed E-state index contributed by atoms with van der Waals surface area (Å²) < 4.78 is -1.45. The van der Waals surface area contributed by atoms with Crippen LogP contribution in [-0.2, 0) is 0 Å². The van der Waals surface area contributed by atoms with Gasteiger partial charge in [0.15, 0.2) is 0 Å². The van der Waals surface area contributed by atoms with Crippen molar-refractivity contribution in [3.05, 3.63) is 24.3 Å². The average Bonchev–Trinajstić information content (AvgIpc) is 2.84. The summed E-state index contributed by atoms with van der Waals surface area (Å²) in [5, 5.41) is 0. The quantitative estimate of drug-likeness (QED) is 0.456. The zero-order valence-electron chi connectivity index (χ0n) is 7.34. The molecule has 0 aromatic carbocycles. The molecule has 76 valence electrons. The van der Waals surface area contributed by atoms with E-state index < -0.39 is 8.67 Å². The zero-order valence-corrected chi connectivity index (χ0v) is 10.4. The first-order valence-corrected chi connectivity index (χ1v) is 5.89. The van der Waals surface area contributed by atoms with Gasteiger partial charge in [-0.05, 0) is 12.8 Å². The van der Waals surface area contributed by atoms with Gasteiger partial charge in [-0.3, -0.25) is 0 Å². The van der Waals surface area contributed by atoms with Crippen LogP contribution in [0.2, 0.25) is 0 Å². The molecule has 0 heterocycles. The van der Waals surface area contributed by atoms with Crippen LogP contribution in [-0.4, -0.2) is 8.67 Å². The molecule has 0 amide bonds. The third-order valence-corrected chi connectivity index (χ3v) is 5.86. The first-order chi connectivity index (χ1) is 6.22. The number of hydrogen-bond donors (Lipinski definition) is 0. The Kier molecular flexibility index (Phi) is 1.44. The standard InChI is InChI=1S/C10H8Cl4/c1-5-7(3-9(7,11)12)6(2)8(5)4-10(8,13)14/h1-4H2. The molecule has 3 saturated carbocycles. The summed E-state index contributed by atoms with van der Waals surface area (Å²) in [5.74, 6) is 0. The van der Waals surface area contributed by atoms with E-state index in [1.807, 2.05) is 0 Å². The van der Waals surface area contributed by atoms with Crippen molar-refractivity contribution in [3.63, 3.8) is 0 Å². The number of hydrogen-bond acceptors (Lipinski definition) is 0. The second-order valence-electron chi connectivity index (χ2n) is 4.53. The molecule has 3 aliphatic rings. The predicted octanol–water partition coefficient (Wildman–Crippen LogP) is 4.24. The molecule has 0 N–H and O–H groups in total. The maximum atomic E-state index is 6.10. The Morgan fingerprint density at radius 3 is 1.14 bits per heavy atom. The van der Waals surface area contributed by atoms with E-state index in [4.69, 9.17) is 46.4 Å². The minimum Gasteiger partial charge on any atom is -0.100 e. The first-order valence-electron chi connectivity index (χ1n) is 4.38. The molecule has 0 saturated heterocycles. The van der Waals surface area contributed by atoms with Crippen molar-refractivity contribution in [3.8, 4) is 0 Å². The Bertz CT molecular complexity index is 341. The highest BCUT2D eigenvalue weighted by molar-refractivity contribution is 6.54.